The van der Waals surface area contributed by atoms with Crippen LogP contribution in [0.2, 0.25) is 0 Å². The van der Waals surface area contributed by atoms with Gasteiger partial charge in [-0.2, -0.15) is 0 Å². The molecule has 0 saturated heterocycles. The Balaban J connectivity index is 2.16. The number of nitrogens with one attached hydrogen (secondary N) is 2. The smallest absolute Gasteiger partial charge is 0.326 e. The number of carboxylic acid groups (broad SMARTS) is 1. The van der Waals surface area contributed by atoms with Gasteiger partial charge in [-0.25, -0.2) is 9.59 Å². The Kier molecular flexibility index (Phi) is 6.49. The van der Waals surface area contributed by atoms with E-state index in [1.165, 1.54) is 12.8 Å². The zero-order valence-electron chi connectivity index (χ0n) is 10.8. The van der Waals surface area contributed by atoms with Crippen molar-refractivity contribution in [1.29, 1.82) is 0 Å². The number of ether oxygens (including phenoxy) is 1. The molecule has 3 N–H and O–H groups in total. The average molecular weight is 258 g/mol. The van der Waals surface area contributed by atoms with Crippen LogP contribution in [0.25, 0.3) is 0 Å². The minimum atomic E-state index is -1.01. The van der Waals surface area contributed by atoms with Gasteiger partial charge >= 0.3 is 12.0 Å². The minimum absolute atomic E-state index is 0.374. The van der Waals surface area contributed by atoms with Crippen LogP contribution in [0.15, 0.2) is 0 Å². The first-order chi connectivity index (χ1) is 8.63. The van der Waals surface area contributed by atoms with Crippen molar-refractivity contribution < 1.29 is 19.4 Å². The Hall–Kier alpha value is -1.30. The second-order valence-electron chi connectivity index (χ2n) is 4.66. The molecule has 104 valence electrons. The zero-order chi connectivity index (χ0) is 13.4. The predicted octanol–water partition coefficient (Wildman–Crippen LogP) is 0.965. The largest absolute Gasteiger partial charge is 0.480 e. The summed E-state index contributed by atoms with van der Waals surface area (Å²) in [6.45, 7) is 1.11. The minimum Gasteiger partial charge on any atom is -0.480 e. The van der Waals surface area contributed by atoms with Crippen LogP contribution in [0.5, 0.6) is 0 Å². The summed E-state index contributed by atoms with van der Waals surface area (Å²) in [5.41, 5.74) is 0. The first-order valence-corrected chi connectivity index (χ1v) is 6.39. The average Bonchev–Trinajstić information content (AvgIpc) is 3.12. The molecule has 1 atom stereocenters. The summed E-state index contributed by atoms with van der Waals surface area (Å²) in [6, 6.07) is -1.25. The number of rotatable bonds is 9. The molecule has 1 fully saturated rings. The lowest BCUT2D eigenvalue weighted by atomic mass is 10.1. The number of carbonyl (C=O) groups is 2. The molecule has 1 aliphatic carbocycles. The summed E-state index contributed by atoms with van der Waals surface area (Å²) in [6.07, 6.45) is 4.46. The van der Waals surface area contributed by atoms with Gasteiger partial charge in [0.25, 0.3) is 0 Å². The Morgan fingerprint density at radius 2 is 2.17 bits per heavy atom. The van der Waals surface area contributed by atoms with E-state index in [0.29, 0.717) is 26.0 Å². The highest BCUT2D eigenvalue weighted by Crippen LogP contribution is 2.31. The molecule has 2 amide bonds. The van der Waals surface area contributed by atoms with E-state index < -0.39 is 18.0 Å². The standard InChI is InChI=1S/C12H22N2O4/c1-18-8-2-3-10(11(15)16)14-12(17)13-7-6-9-4-5-9/h9-10H,2-8H2,1H3,(H,15,16)(H2,13,14,17). The third-order valence-corrected chi connectivity index (χ3v) is 2.98. The summed E-state index contributed by atoms with van der Waals surface area (Å²) in [5, 5.41) is 14.1. The lowest BCUT2D eigenvalue weighted by molar-refractivity contribution is -0.139. The molecule has 0 aromatic carbocycles. The van der Waals surface area contributed by atoms with E-state index in [-0.39, 0.29) is 0 Å². The number of carbonyl (C=O) groups excluding carboxylic acids is 1. The summed E-state index contributed by atoms with van der Waals surface area (Å²) in [7, 11) is 1.56. The van der Waals surface area contributed by atoms with Crippen LogP contribution >= 0.6 is 0 Å². The van der Waals surface area contributed by atoms with Crippen LogP contribution in [0.1, 0.15) is 32.1 Å². The number of carboxylic acids is 1. The van der Waals surface area contributed by atoms with E-state index in [4.69, 9.17) is 9.84 Å². The second-order valence-corrected chi connectivity index (χ2v) is 4.66. The topological polar surface area (TPSA) is 87.7 Å². The molecule has 1 saturated carbocycles. The van der Waals surface area contributed by atoms with E-state index in [0.717, 1.165) is 12.3 Å². The van der Waals surface area contributed by atoms with Crippen molar-refractivity contribution in [2.45, 2.75) is 38.1 Å². The quantitative estimate of drug-likeness (QED) is 0.538. The molecule has 1 aliphatic rings. The number of methoxy groups -OCH3 is 1. The Morgan fingerprint density at radius 1 is 1.44 bits per heavy atom. The molecule has 1 rings (SSSR count). The van der Waals surface area contributed by atoms with E-state index in [1.807, 2.05) is 0 Å². The molecule has 18 heavy (non-hydrogen) atoms. The monoisotopic (exact) mass is 258 g/mol. The van der Waals surface area contributed by atoms with Gasteiger partial charge < -0.3 is 20.5 Å². The van der Waals surface area contributed by atoms with E-state index in [9.17, 15) is 9.59 Å². The van der Waals surface area contributed by atoms with E-state index in [1.54, 1.807) is 7.11 Å². The lowest BCUT2D eigenvalue weighted by Crippen LogP contribution is -2.46. The molecule has 0 spiro atoms. The fraction of sp³-hybridized carbons (Fsp3) is 0.833. The number of hydrogen-bond acceptors (Lipinski definition) is 3. The summed E-state index contributed by atoms with van der Waals surface area (Å²) < 4.78 is 4.85. The molecule has 0 bridgehead atoms. The molecule has 0 aromatic rings. The van der Waals surface area contributed by atoms with Gasteiger partial charge in [0.2, 0.25) is 0 Å². The first kappa shape index (κ1) is 14.8. The van der Waals surface area contributed by atoms with Crippen molar-refractivity contribution in [3.05, 3.63) is 0 Å². The van der Waals surface area contributed by atoms with Gasteiger partial charge in [0.1, 0.15) is 6.04 Å². The molecule has 0 radical (unpaired) electrons. The maximum Gasteiger partial charge on any atom is 0.326 e. The van der Waals surface area contributed by atoms with Crippen LogP contribution < -0.4 is 10.6 Å². The van der Waals surface area contributed by atoms with Gasteiger partial charge in [-0.3, -0.25) is 0 Å². The van der Waals surface area contributed by atoms with Gasteiger partial charge in [-0.05, 0) is 25.2 Å². The van der Waals surface area contributed by atoms with Crippen LogP contribution in [0.3, 0.4) is 0 Å². The second kappa shape index (κ2) is 7.92. The number of urea groups is 1. The zero-order valence-corrected chi connectivity index (χ0v) is 10.8. The van der Waals surface area contributed by atoms with Crippen LogP contribution in [-0.2, 0) is 9.53 Å². The number of aliphatic carboxylic acids is 1. The van der Waals surface area contributed by atoms with Gasteiger partial charge in [-0.15, -0.1) is 0 Å². The highest BCUT2D eigenvalue weighted by atomic mass is 16.5. The Morgan fingerprint density at radius 3 is 2.72 bits per heavy atom. The van der Waals surface area contributed by atoms with Crippen molar-refractivity contribution >= 4 is 12.0 Å². The third kappa shape index (κ3) is 6.44. The molecular weight excluding hydrogens is 236 g/mol. The van der Waals surface area contributed by atoms with Crippen LogP contribution in [0.4, 0.5) is 4.79 Å². The number of hydrogen-bond donors (Lipinski definition) is 3. The normalized spacial score (nSPS) is 16.1. The van der Waals surface area contributed by atoms with E-state index in [2.05, 4.69) is 10.6 Å². The summed E-state index contributed by atoms with van der Waals surface area (Å²) in [4.78, 5) is 22.4. The highest BCUT2D eigenvalue weighted by Gasteiger charge is 2.22. The Bertz CT molecular complexity index is 279. The van der Waals surface area contributed by atoms with Crippen LogP contribution in [0, 0.1) is 5.92 Å². The maximum atomic E-state index is 11.5. The lowest BCUT2D eigenvalue weighted by Gasteiger charge is -2.14. The fourth-order valence-electron chi connectivity index (χ4n) is 1.69. The molecule has 0 heterocycles. The van der Waals surface area contributed by atoms with Gasteiger partial charge in [0.15, 0.2) is 0 Å². The number of amides is 2. The third-order valence-electron chi connectivity index (χ3n) is 2.98. The molecule has 0 aliphatic heterocycles. The fourth-order valence-corrected chi connectivity index (χ4v) is 1.69. The van der Waals surface area contributed by atoms with Gasteiger partial charge in [-0.1, -0.05) is 12.8 Å². The molecule has 1 unspecified atom stereocenters. The van der Waals surface area contributed by atoms with Crippen molar-refractivity contribution in [1.82, 2.24) is 10.6 Å². The van der Waals surface area contributed by atoms with Gasteiger partial charge in [0.05, 0.1) is 0 Å². The van der Waals surface area contributed by atoms with E-state index >= 15 is 0 Å². The molecular formula is C12H22N2O4. The molecule has 6 nitrogen and oxygen atoms in total. The van der Waals surface area contributed by atoms with Crippen molar-refractivity contribution in [3.63, 3.8) is 0 Å². The summed E-state index contributed by atoms with van der Waals surface area (Å²) in [5.74, 6) is -0.259. The first-order valence-electron chi connectivity index (χ1n) is 6.39. The predicted molar refractivity (Wildman–Crippen MR) is 66.4 cm³/mol. The highest BCUT2D eigenvalue weighted by molar-refractivity contribution is 5.82. The molecule has 0 aromatic heterocycles. The van der Waals surface area contributed by atoms with Crippen molar-refractivity contribution in [2.75, 3.05) is 20.3 Å². The van der Waals surface area contributed by atoms with Gasteiger partial charge in [0, 0.05) is 20.3 Å². The van der Waals surface area contributed by atoms with Crippen LogP contribution in [-0.4, -0.2) is 43.4 Å². The van der Waals surface area contributed by atoms with Crippen molar-refractivity contribution in [3.8, 4) is 0 Å². The Labute approximate surface area is 107 Å². The maximum absolute atomic E-state index is 11.5. The van der Waals surface area contributed by atoms with Crippen molar-refractivity contribution in [2.24, 2.45) is 5.92 Å². The SMILES string of the molecule is COCCCC(NC(=O)NCCC1CC1)C(=O)O. The summed E-state index contributed by atoms with van der Waals surface area (Å²) >= 11 is 0. The molecule has 6 heteroatoms.